The number of fused-ring (bicyclic) bond motifs is 2. The summed E-state index contributed by atoms with van der Waals surface area (Å²) in [6, 6.07) is 25.7. The molecule has 186 valence electrons. The number of benzene rings is 4. The van der Waals surface area contributed by atoms with Crippen LogP contribution < -0.4 is 5.32 Å². The Balaban J connectivity index is 1.21. The Morgan fingerprint density at radius 3 is 2.50 bits per heavy atom. The van der Waals surface area contributed by atoms with Gasteiger partial charge < -0.3 is 9.15 Å². The summed E-state index contributed by atoms with van der Waals surface area (Å²) in [4.78, 5) is 34.7. The number of nitrogens with one attached hydrogen (secondary N) is 1. The zero-order valence-corrected chi connectivity index (χ0v) is 21.3. The Morgan fingerprint density at radius 2 is 1.66 bits per heavy atom. The summed E-state index contributed by atoms with van der Waals surface area (Å²) in [5.74, 6) is -0.740. The van der Waals surface area contributed by atoms with Crippen molar-refractivity contribution >= 4 is 61.8 Å². The number of hydrogen-bond donors (Lipinski definition) is 1. The second-order valence-corrected chi connectivity index (χ2v) is 9.60. The summed E-state index contributed by atoms with van der Waals surface area (Å²) in [5, 5.41) is 6.87. The minimum atomic E-state index is -0.634. The highest BCUT2D eigenvalue weighted by molar-refractivity contribution is 7.14. The minimum absolute atomic E-state index is 0.309. The van der Waals surface area contributed by atoms with Gasteiger partial charge in [-0.2, -0.15) is 0 Å². The van der Waals surface area contributed by atoms with Gasteiger partial charge in [0.05, 0.1) is 11.3 Å². The van der Waals surface area contributed by atoms with Crippen molar-refractivity contribution in [2.24, 2.45) is 0 Å². The first-order valence-corrected chi connectivity index (χ1v) is 12.9. The van der Waals surface area contributed by atoms with Gasteiger partial charge in [0, 0.05) is 26.9 Å². The quantitative estimate of drug-likeness (QED) is 0.224. The number of anilines is 1. The molecule has 0 aliphatic rings. The highest BCUT2D eigenvalue weighted by Gasteiger charge is 2.19. The first-order valence-electron chi connectivity index (χ1n) is 11.6. The van der Waals surface area contributed by atoms with E-state index < -0.39 is 18.5 Å². The summed E-state index contributed by atoms with van der Waals surface area (Å²) >= 11 is 7.49. The van der Waals surface area contributed by atoms with Crippen LogP contribution in [0.25, 0.3) is 44.6 Å². The van der Waals surface area contributed by atoms with Gasteiger partial charge in [-0.3, -0.25) is 10.1 Å². The molecule has 38 heavy (non-hydrogen) atoms. The molecule has 2 aromatic heterocycles. The van der Waals surface area contributed by atoms with Gasteiger partial charge in [0.2, 0.25) is 5.89 Å². The number of carbonyl (C=O) groups excluding carboxylic acids is 2. The fraction of sp³-hybridized carbons (Fsp3) is 0.0345. The van der Waals surface area contributed by atoms with E-state index in [4.69, 9.17) is 20.8 Å². The van der Waals surface area contributed by atoms with Gasteiger partial charge >= 0.3 is 5.97 Å². The number of thiazole rings is 1. The summed E-state index contributed by atoms with van der Waals surface area (Å²) in [7, 11) is 0. The molecular formula is C29H18ClN3O4S. The third-order valence-electron chi connectivity index (χ3n) is 5.88. The first-order chi connectivity index (χ1) is 18.6. The van der Waals surface area contributed by atoms with Gasteiger partial charge in [0.15, 0.2) is 17.3 Å². The van der Waals surface area contributed by atoms with Crippen LogP contribution in [0.4, 0.5) is 5.13 Å². The Kier molecular flexibility index (Phi) is 6.33. The first kappa shape index (κ1) is 23.8. The van der Waals surface area contributed by atoms with E-state index in [-0.39, 0.29) is 0 Å². The lowest BCUT2D eigenvalue weighted by Crippen LogP contribution is -2.21. The van der Waals surface area contributed by atoms with Crippen molar-refractivity contribution in [3.05, 3.63) is 101 Å². The number of halogens is 1. The van der Waals surface area contributed by atoms with Crippen LogP contribution >= 0.6 is 22.9 Å². The second-order valence-electron chi connectivity index (χ2n) is 8.34. The van der Waals surface area contributed by atoms with Crippen molar-refractivity contribution in [2.75, 3.05) is 11.9 Å². The molecule has 2 heterocycles. The molecule has 7 nitrogen and oxygen atoms in total. The van der Waals surface area contributed by atoms with E-state index in [1.165, 1.54) is 11.3 Å². The molecule has 0 unspecified atom stereocenters. The smallest absolute Gasteiger partial charge is 0.339 e. The predicted molar refractivity (Wildman–Crippen MR) is 148 cm³/mol. The molecule has 0 bridgehead atoms. The zero-order chi connectivity index (χ0) is 26.1. The number of amides is 1. The lowest BCUT2D eigenvalue weighted by molar-refractivity contribution is -0.119. The number of carbonyl (C=O) groups is 2. The van der Waals surface area contributed by atoms with Gasteiger partial charge in [-0.25, -0.2) is 14.8 Å². The van der Waals surface area contributed by atoms with Crippen molar-refractivity contribution < 1.29 is 18.7 Å². The van der Waals surface area contributed by atoms with Crippen molar-refractivity contribution in [3.63, 3.8) is 0 Å². The molecule has 0 radical (unpaired) electrons. The van der Waals surface area contributed by atoms with Crippen molar-refractivity contribution in [2.45, 2.75) is 0 Å². The Hall–Kier alpha value is -4.53. The van der Waals surface area contributed by atoms with Crippen LogP contribution in [0.3, 0.4) is 0 Å². The average Bonchev–Trinajstić information content (AvgIpc) is 3.58. The van der Waals surface area contributed by atoms with Gasteiger partial charge in [0.1, 0.15) is 5.52 Å². The number of esters is 1. The number of hydrogen-bond acceptors (Lipinski definition) is 7. The third-order valence-corrected chi connectivity index (χ3v) is 6.97. The maximum Gasteiger partial charge on any atom is 0.339 e. The lowest BCUT2D eigenvalue weighted by Gasteiger charge is -2.10. The van der Waals surface area contributed by atoms with Gasteiger partial charge in [-0.15, -0.1) is 11.3 Å². The fourth-order valence-electron chi connectivity index (χ4n) is 4.16. The molecule has 1 amide bonds. The van der Waals surface area contributed by atoms with E-state index in [0.29, 0.717) is 43.8 Å². The van der Waals surface area contributed by atoms with E-state index >= 15 is 0 Å². The highest BCUT2D eigenvalue weighted by Crippen LogP contribution is 2.33. The number of para-hydroxylation sites is 2. The van der Waals surface area contributed by atoms with E-state index in [2.05, 4.69) is 15.3 Å². The fourth-order valence-corrected chi connectivity index (χ4v) is 5.12. The van der Waals surface area contributed by atoms with E-state index in [1.807, 2.05) is 66.7 Å². The molecule has 1 N–H and O–H groups in total. The average molecular weight is 540 g/mol. The molecule has 0 atom stereocenters. The van der Waals surface area contributed by atoms with Crippen molar-refractivity contribution in [1.29, 1.82) is 0 Å². The Morgan fingerprint density at radius 1 is 0.895 bits per heavy atom. The maximum absolute atomic E-state index is 13.1. The summed E-state index contributed by atoms with van der Waals surface area (Å²) in [6.07, 6.45) is 0. The normalized spacial score (nSPS) is 11.1. The summed E-state index contributed by atoms with van der Waals surface area (Å²) in [5.41, 5.74) is 3.75. The molecule has 6 rings (SSSR count). The molecule has 0 aliphatic heterocycles. The van der Waals surface area contributed by atoms with Crippen LogP contribution in [0.1, 0.15) is 10.4 Å². The third kappa shape index (κ3) is 4.63. The molecule has 0 saturated carbocycles. The van der Waals surface area contributed by atoms with Crippen LogP contribution in [-0.4, -0.2) is 28.5 Å². The van der Waals surface area contributed by atoms with E-state index in [9.17, 15) is 9.59 Å². The molecule has 9 heteroatoms. The van der Waals surface area contributed by atoms with Crippen LogP contribution in [0, 0.1) is 0 Å². The molecule has 0 fully saturated rings. The van der Waals surface area contributed by atoms with E-state index in [1.54, 1.807) is 23.6 Å². The van der Waals surface area contributed by atoms with Crippen LogP contribution in [0.5, 0.6) is 0 Å². The number of rotatable bonds is 6. The summed E-state index contributed by atoms with van der Waals surface area (Å²) in [6.45, 7) is -0.471. The van der Waals surface area contributed by atoms with Crippen molar-refractivity contribution in [1.82, 2.24) is 9.97 Å². The number of aromatic nitrogens is 2. The topological polar surface area (TPSA) is 94.3 Å². The Bertz CT molecular complexity index is 1790. The SMILES string of the molecule is O=C(COC(=O)c1cccc2cccc(-c3nc4ccccc4o3)c12)Nc1nc(-c2ccccc2Cl)cs1. The predicted octanol–water partition coefficient (Wildman–Crippen LogP) is 7.22. The van der Waals surface area contributed by atoms with E-state index in [0.717, 1.165) is 16.5 Å². The van der Waals surface area contributed by atoms with Crippen LogP contribution in [0.2, 0.25) is 5.02 Å². The monoisotopic (exact) mass is 539 g/mol. The van der Waals surface area contributed by atoms with Crippen LogP contribution in [0.15, 0.2) is 94.7 Å². The molecule has 0 aliphatic carbocycles. The molecule has 6 aromatic rings. The minimum Gasteiger partial charge on any atom is -0.452 e. The number of oxazole rings is 1. The maximum atomic E-state index is 13.1. The Labute approximate surface area is 225 Å². The van der Waals surface area contributed by atoms with Crippen LogP contribution in [-0.2, 0) is 9.53 Å². The largest absolute Gasteiger partial charge is 0.452 e. The summed E-state index contributed by atoms with van der Waals surface area (Å²) < 4.78 is 11.3. The van der Waals surface area contributed by atoms with Gasteiger partial charge in [-0.05, 0) is 35.7 Å². The highest BCUT2D eigenvalue weighted by atomic mass is 35.5. The molecule has 0 spiro atoms. The standard InChI is InChI=1S/C29H18ClN3O4S/c30-21-12-2-1-9-18(21)23-16-38-29(32-23)33-25(34)15-36-28(35)20-11-6-8-17-7-5-10-19(26(17)20)27-31-22-13-3-4-14-24(22)37-27/h1-14,16H,15H2,(H,32,33,34). The zero-order valence-electron chi connectivity index (χ0n) is 19.7. The van der Waals surface area contributed by atoms with Crippen molar-refractivity contribution in [3.8, 4) is 22.7 Å². The molecule has 0 saturated heterocycles. The number of ether oxygens (including phenoxy) is 1. The lowest BCUT2D eigenvalue weighted by atomic mass is 9.99. The molecular weight excluding hydrogens is 522 g/mol. The molecule has 4 aromatic carbocycles. The van der Waals surface area contributed by atoms with Gasteiger partial charge in [0.25, 0.3) is 5.91 Å². The number of nitrogens with zero attached hydrogens (tertiary/aromatic N) is 2. The second kappa shape index (κ2) is 10.1. The van der Waals surface area contributed by atoms with Gasteiger partial charge in [-0.1, -0.05) is 66.2 Å².